The molecule has 0 saturated carbocycles. The Morgan fingerprint density at radius 3 is 2.06 bits per heavy atom. The maximum atomic E-state index is 4.07. The number of benzene rings is 1. The van der Waals surface area contributed by atoms with E-state index < -0.39 is 0 Å². The molecule has 82 valence electrons. The maximum absolute atomic E-state index is 4.07. The van der Waals surface area contributed by atoms with Crippen molar-refractivity contribution in [3.8, 4) is 0 Å². The normalized spacial score (nSPS) is 12.4. The zero-order valence-electron chi connectivity index (χ0n) is 9.85. The van der Waals surface area contributed by atoms with E-state index in [2.05, 4.69) is 55.2 Å². The fourth-order valence-electron chi connectivity index (χ4n) is 2.06. The molecular formula is C15H17N. The van der Waals surface area contributed by atoms with Crippen molar-refractivity contribution in [3.63, 3.8) is 0 Å². The summed E-state index contributed by atoms with van der Waals surface area (Å²) in [6, 6.07) is 13.0. The van der Waals surface area contributed by atoms with E-state index in [1.54, 1.807) is 0 Å². The summed E-state index contributed by atoms with van der Waals surface area (Å²) >= 11 is 0. The largest absolute Gasteiger partial charge is 0.265 e. The van der Waals surface area contributed by atoms with Gasteiger partial charge in [0.25, 0.3) is 0 Å². The molecule has 1 heterocycles. The van der Waals surface area contributed by atoms with Gasteiger partial charge in [0.2, 0.25) is 0 Å². The molecule has 1 heteroatoms. The first-order valence-corrected chi connectivity index (χ1v) is 5.77. The van der Waals surface area contributed by atoms with Crippen LogP contribution in [-0.2, 0) is 0 Å². The van der Waals surface area contributed by atoms with Gasteiger partial charge in [0.1, 0.15) is 0 Å². The summed E-state index contributed by atoms with van der Waals surface area (Å²) in [5, 5.41) is 0. The molecule has 0 fully saturated rings. The Kier molecular flexibility index (Phi) is 3.35. The summed E-state index contributed by atoms with van der Waals surface area (Å²) < 4.78 is 0. The van der Waals surface area contributed by atoms with Gasteiger partial charge in [0, 0.05) is 18.3 Å². The second kappa shape index (κ2) is 4.93. The van der Waals surface area contributed by atoms with Crippen LogP contribution in [0.1, 0.15) is 36.0 Å². The van der Waals surface area contributed by atoms with Gasteiger partial charge in [-0.3, -0.25) is 4.98 Å². The zero-order valence-corrected chi connectivity index (χ0v) is 9.85. The van der Waals surface area contributed by atoms with Crippen LogP contribution in [0.15, 0.2) is 48.8 Å². The van der Waals surface area contributed by atoms with Crippen molar-refractivity contribution in [1.82, 2.24) is 4.98 Å². The van der Waals surface area contributed by atoms with E-state index >= 15 is 0 Å². The highest BCUT2D eigenvalue weighted by molar-refractivity contribution is 5.32. The Labute approximate surface area is 97.2 Å². The number of pyridine rings is 1. The van der Waals surface area contributed by atoms with Gasteiger partial charge in [0.15, 0.2) is 0 Å². The lowest BCUT2D eigenvalue weighted by Gasteiger charge is -2.15. The van der Waals surface area contributed by atoms with Crippen LogP contribution < -0.4 is 0 Å². The van der Waals surface area contributed by atoms with Crippen molar-refractivity contribution in [3.05, 3.63) is 65.5 Å². The van der Waals surface area contributed by atoms with Crippen LogP contribution in [0.4, 0.5) is 0 Å². The highest BCUT2D eigenvalue weighted by Crippen LogP contribution is 2.27. The predicted octanol–water partition coefficient (Wildman–Crippen LogP) is 3.93. The minimum Gasteiger partial charge on any atom is -0.265 e. The Bertz CT molecular complexity index is 431. The molecule has 1 unspecified atom stereocenters. The molecule has 0 spiro atoms. The van der Waals surface area contributed by atoms with Crippen molar-refractivity contribution in [2.75, 3.05) is 0 Å². The molecule has 16 heavy (non-hydrogen) atoms. The van der Waals surface area contributed by atoms with Crippen molar-refractivity contribution < 1.29 is 0 Å². The molecule has 0 aliphatic carbocycles. The first-order chi connectivity index (χ1) is 7.81. The van der Waals surface area contributed by atoms with E-state index in [-0.39, 0.29) is 0 Å². The Morgan fingerprint density at radius 2 is 1.50 bits per heavy atom. The van der Waals surface area contributed by atoms with E-state index in [1.165, 1.54) is 16.7 Å². The standard InChI is InChI=1S/C15H17N/c1-3-15(14-8-10-16-11-9-14)13-6-4-12(2)5-7-13/h4-11,15H,3H2,1-2H3. The molecule has 0 bridgehead atoms. The Morgan fingerprint density at radius 1 is 0.938 bits per heavy atom. The number of hydrogen-bond acceptors (Lipinski definition) is 1. The fraction of sp³-hybridized carbons (Fsp3) is 0.267. The van der Waals surface area contributed by atoms with Gasteiger partial charge < -0.3 is 0 Å². The average molecular weight is 211 g/mol. The number of aromatic nitrogens is 1. The molecule has 0 N–H and O–H groups in total. The van der Waals surface area contributed by atoms with Crippen LogP contribution in [0, 0.1) is 6.92 Å². The first kappa shape index (κ1) is 10.9. The van der Waals surface area contributed by atoms with Crippen molar-refractivity contribution in [2.24, 2.45) is 0 Å². The van der Waals surface area contributed by atoms with Crippen LogP contribution >= 0.6 is 0 Å². The lowest BCUT2D eigenvalue weighted by atomic mass is 9.89. The monoisotopic (exact) mass is 211 g/mol. The summed E-state index contributed by atoms with van der Waals surface area (Å²) in [6.45, 7) is 4.35. The molecule has 0 aliphatic heterocycles. The molecule has 1 aromatic heterocycles. The molecule has 2 aromatic rings. The first-order valence-electron chi connectivity index (χ1n) is 5.77. The van der Waals surface area contributed by atoms with Gasteiger partial charge in [-0.05, 0) is 36.6 Å². The van der Waals surface area contributed by atoms with Gasteiger partial charge in [-0.1, -0.05) is 36.8 Å². The summed E-state index contributed by atoms with van der Waals surface area (Å²) in [5.74, 6) is 0.489. The van der Waals surface area contributed by atoms with Crippen LogP contribution in [0.3, 0.4) is 0 Å². The number of hydrogen-bond donors (Lipinski definition) is 0. The third-order valence-electron chi connectivity index (χ3n) is 3.00. The molecule has 2 rings (SSSR count). The van der Waals surface area contributed by atoms with Gasteiger partial charge in [-0.25, -0.2) is 0 Å². The van der Waals surface area contributed by atoms with Crippen molar-refractivity contribution >= 4 is 0 Å². The molecule has 1 atom stereocenters. The quantitative estimate of drug-likeness (QED) is 0.749. The molecule has 0 amide bonds. The number of rotatable bonds is 3. The molecule has 1 aromatic carbocycles. The molecule has 0 aliphatic rings. The van der Waals surface area contributed by atoms with Gasteiger partial charge in [-0.15, -0.1) is 0 Å². The van der Waals surface area contributed by atoms with Crippen molar-refractivity contribution in [2.45, 2.75) is 26.2 Å². The second-order valence-corrected chi connectivity index (χ2v) is 4.15. The highest BCUT2D eigenvalue weighted by Gasteiger charge is 2.10. The minimum absolute atomic E-state index is 0.489. The number of aryl methyl sites for hydroxylation is 1. The SMILES string of the molecule is CCC(c1ccncc1)c1ccc(C)cc1. The smallest absolute Gasteiger partial charge is 0.0270 e. The van der Waals surface area contributed by atoms with E-state index in [4.69, 9.17) is 0 Å². The van der Waals surface area contributed by atoms with E-state index in [0.29, 0.717) is 5.92 Å². The summed E-state index contributed by atoms with van der Waals surface area (Å²) in [7, 11) is 0. The van der Waals surface area contributed by atoms with Crippen LogP contribution in [0.25, 0.3) is 0 Å². The average Bonchev–Trinajstić information content (AvgIpc) is 2.34. The molecule has 0 radical (unpaired) electrons. The summed E-state index contributed by atoms with van der Waals surface area (Å²) in [4.78, 5) is 4.07. The lowest BCUT2D eigenvalue weighted by Crippen LogP contribution is -1.99. The maximum Gasteiger partial charge on any atom is 0.0270 e. The van der Waals surface area contributed by atoms with Crippen LogP contribution in [0.5, 0.6) is 0 Å². The fourth-order valence-corrected chi connectivity index (χ4v) is 2.06. The van der Waals surface area contributed by atoms with E-state index in [9.17, 15) is 0 Å². The van der Waals surface area contributed by atoms with Gasteiger partial charge >= 0.3 is 0 Å². The van der Waals surface area contributed by atoms with Gasteiger partial charge in [-0.2, -0.15) is 0 Å². The Balaban J connectivity index is 2.33. The summed E-state index contributed by atoms with van der Waals surface area (Å²) in [5.41, 5.74) is 4.05. The predicted molar refractivity (Wildman–Crippen MR) is 67.6 cm³/mol. The summed E-state index contributed by atoms with van der Waals surface area (Å²) in [6.07, 6.45) is 4.85. The second-order valence-electron chi connectivity index (χ2n) is 4.15. The third-order valence-corrected chi connectivity index (χ3v) is 3.00. The van der Waals surface area contributed by atoms with E-state index in [1.807, 2.05) is 12.4 Å². The van der Waals surface area contributed by atoms with Crippen LogP contribution in [-0.4, -0.2) is 4.98 Å². The van der Waals surface area contributed by atoms with Gasteiger partial charge in [0.05, 0.1) is 0 Å². The third kappa shape index (κ3) is 2.30. The molecule has 1 nitrogen and oxygen atoms in total. The topological polar surface area (TPSA) is 12.9 Å². The zero-order chi connectivity index (χ0) is 11.4. The van der Waals surface area contributed by atoms with Crippen molar-refractivity contribution in [1.29, 1.82) is 0 Å². The number of nitrogens with zero attached hydrogens (tertiary/aromatic N) is 1. The molecule has 0 saturated heterocycles. The Hall–Kier alpha value is -1.63. The molecular weight excluding hydrogens is 194 g/mol. The minimum atomic E-state index is 0.489. The lowest BCUT2D eigenvalue weighted by molar-refractivity contribution is 0.775. The van der Waals surface area contributed by atoms with Crippen LogP contribution in [0.2, 0.25) is 0 Å². The highest BCUT2D eigenvalue weighted by atomic mass is 14.6. The van der Waals surface area contributed by atoms with E-state index in [0.717, 1.165) is 6.42 Å².